The van der Waals surface area contributed by atoms with Gasteiger partial charge in [-0.05, 0) is 49.2 Å². The molecule has 0 saturated carbocycles. The third kappa shape index (κ3) is 4.53. The maximum absolute atomic E-state index is 12.5. The fourth-order valence-corrected chi connectivity index (χ4v) is 2.11. The van der Waals surface area contributed by atoms with Crippen molar-refractivity contribution in [1.82, 2.24) is 0 Å². The summed E-state index contributed by atoms with van der Waals surface area (Å²) in [5.41, 5.74) is -2.64. The zero-order valence-electron chi connectivity index (χ0n) is 12.2. The van der Waals surface area contributed by atoms with Gasteiger partial charge in [0.05, 0.1) is 4.92 Å². The first kappa shape index (κ1) is 17.0. The van der Waals surface area contributed by atoms with Crippen LogP contribution in [0.3, 0.4) is 0 Å². The predicted octanol–water partition coefficient (Wildman–Crippen LogP) is 5.17. The number of nitro benzene ring substituents is 1. The second-order valence-corrected chi connectivity index (χ2v) is 5.23. The minimum Gasteiger partial charge on any atom is -0.457 e. The van der Waals surface area contributed by atoms with Crippen molar-refractivity contribution in [2.24, 2.45) is 0 Å². The molecule has 122 valence electrons. The van der Waals surface area contributed by atoms with Crippen molar-refractivity contribution in [3.05, 3.63) is 57.6 Å². The van der Waals surface area contributed by atoms with Gasteiger partial charge in [0.25, 0.3) is 5.69 Å². The Balaban J connectivity index is 2.21. The van der Waals surface area contributed by atoms with Crippen LogP contribution in [0.5, 0.6) is 17.2 Å². The number of ether oxygens (including phenoxy) is 2. The molecule has 0 aliphatic carbocycles. The van der Waals surface area contributed by atoms with E-state index in [0.717, 1.165) is 0 Å². The molecule has 0 aliphatic rings. The summed E-state index contributed by atoms with van der Waals surface area (Å²) in [6.07, 6.45) is 0. The fraction of sp³-hybridized carbons (Fsp3) is 0.200. The van der Waals surface area contributed by atoms with Gasteiger partial charge in [-0.15, -0.1) is 8.78 Å². The first-order valence-corrected chi connectivity index (χ1v) is 6.83. The second-order valence-electron chi connectivity index (χ2n) is 4.79. The van der Waals surface area contributed by atoms with Crippen molar-refractivity contribution in [3.63, 3.8) is 0 Å². The molecule has 0 heterocycles. The number of nitrogens with zero attached hydrogens (tertiary/aromatic N) is 1. The average molecular weight is 344 g/mol. The van der Waals surface area contributed by atoms with E-state index in [1.54, 1.807) is 13.8 Å². The molecule has 2 aromatic rings. The Kier molecular flexibility index (Phi) is 4.70. The molecule has 0 N–H and O–H groups in total. The number of aryl methyl sites for hydroxylation is 2. The highest BCUT2D eigenvalue weighted by Crippen LogP contribution is 2.33. The van der Waals surface area contributed by atoms with Crippen LogP contribution in [0.2, 0.25) is 0 Å². The molecule has 0 bridgehead atoms. The zero-order valence-corrected chi connectivity index (χ0v) is 12.9. The zero-order chi connectivity index (χ0) is 17.2. The maximum atomic E-state index is 12.5. The second kappa shape index (κ2) is 6.37. The Morgan fingerprint density at radius 1 is 1.09 bits per heavy atom. The van der Waals surface area contributed by atoms with Crippen LogP contribution in [-0.2, 0) is 0 Å². The van der Waals surface area contributed by atoms with Crippen LogP contribution >= 0.6 is 11.6 Å². The number of alkyl halides is 3. The number of nitro groups is 1. The number of hydrogen-bond donors (Lipinski definition) is 0. The van der Waals surface area contributed by atoms with Crippen LogP contribution in [0, 0.1) is 24.0 Å². The summed E-state index contributed by atoms with van der Waals surface area (Å²) in [6.45, 7) is 3.36. The number of hydrogen-bond acceptors (Lipinski definition) is 4. The highest BCUT2D eigenvalue weighted by atomic mass is 35.5. The van der Waals surface area contributed by atoms with E-state index in [1.807, 2.05) is 0 Å². The lowest BCUT2D eigenvalue weighted by Crippen LogP contribution is -2.15. The molecule has 0 spiro atoms. The van der Waals surface area contributed by atoms with Gasteiger partial charge < -0.3 is 9.47 Å². The molecule has 0 amide bonds. The van der Waals surface area contributed by atoms with E-state index < -0.39 is 10.5 Å². The first-order chi connectivity index (χ1) is 10.7. The molecule has 23 heavy (non-hydrogen) atoms. The monoisotopic (exact) mass is 343 g/mol. The molecule has 0 unspecified atom stereocenters. The minimum atomic E-state index is -3.78. The lowest BCUT2D eigenvalue weighted by atomic mass is 10.1. The summed E-state index contributed by atoms with van der Waals surface area (Å²) in [5.74, 6) is 0.719. The van der Waals surface area contributed by atoms with Crippen molar-refractivity contribution in [3.8, 4) is 17.2 Å². The number of halogens is 3. The van der Waals surface area contributed by atoms with Gasteiger partial charge >= 0.3 is 5.57 Å². The van der Waals surface area contributed by atoms with Crippen molar-refractivity contribution in [2.75, 3.05) is 0 Å². The molecule has 2 aromatic carbocycles. The smallest absolute Gasteiger partial charge is 0.457 e. The van der Waals surface area contributed by atoms with Crippen LogP contribution in [0.1, 0.15) is 11.1 Å². The van der Waals surface area contributed by atoms with Crippen LogP contribution in [0.4, 0.5) is 14.5 Å². The summed E-state index contributed by atoms with van der Waals surface area (Å²) in [5, 5.41) is 10.8. The Morgan fingerprint density at radius 3 is 2.00 bits per heavy atom. The molecule has 0 fully saturated rings. The van der Waals surface area contributed by atoms with Gasteiger partial charge in [0.1, 0.15) is 17.2 Å². The molecule has 0 atom stereocenters. The van der Waals surface area contributed by atoms with E-state index in [4.69, 9.17) is 4.74 Å². The minimum absolute atomic E-state index is 0.0274. The van der Waals surface area contributed by atoms with Crippen molar-refractivity contribution < 1.29 is 23.2 Å². The van der Waals surface area contributed by atoms with Crippen LogP contribution in [0.25, 0.3) is 0 Å². The maximum Gasteiger partial charge on any atom is 0.487 e. The van der Waals surface area contributed by atoms with Gasteiger partial charge in [0.15, 0.2) is 0 Å². The van der Waals surface area contributed by atoms with Gasteiger partial charge in [-0.1, -0.05) is 0 Å². The number of rotatable bonds is 5. The van der Waals surface area contributed by atoms with Gasteiger partial charge in [-0.3, -0.25) is 10.1 Å². The van der Waals surface area contributed by atoms with Crippen molar-refractivity contribution >= 4 is 17.3 Å². The first-order valence-electron chi connectivity index (χ1n) is 6.45. The summed E-state index contributed by atoms with van der Waals surface area (Å²) < 4.78 is 34.9. The Labute approximate surface area is 135 Å². The molecule has 0 aliphatic heterocycles. The average Bonchev–Trinajstić information content (AvgIpc) is 2.42. The third-order valence-corrected chi connectivity index (χ3v) is 3.01. The molecular formula is C15H12ClF2NO4. The van der Waals surface area contributed by atoms with E-state index >= 15 is 0 Å². The quantitative estimate of drug-likeness (QED) is 0.427. The van der Waals surface area contributed by atoms with E-state index in [2.05, 4.69) is 16.3 Å². The Bertz CT molecular complexity index is 706. The molecule has 8 heteroatoms. The molecule has 0 aromatic heterocycles. The lowest BCUT2D eigenvalue weighted by molar-refractivity contribution is -0.385. The molecule has 2 rings (SSSR count). The van der Waals surface area contributed by atoms with Crippen molar-refractivity contribution in [1.29, 1.82) is 0 Å². The lowest BCUT2D eigenvalue weighted by Gasteiger charge is -2.13. The van der Waals surface area contributed by atoms with E-state index in [1.165, 1.54) is 36.4 Å². The van der Waals surface area contributed by atoms with E-state index in [-0.39, 0.29) is 11.4 Å². The summed E-state index contributed by atoms with van der Waals surface area (Å²) >= 11 is 4.68. The highest BCUT2D eigenvalue weighted by Gasteiger charge is 2.27. The molecule has 0 radical (unpaired) electrons. The molecule has 0 saturated heterocycles. The largest absolute Gasteiger partial charge is 0.487 e. The highest BCUT2D eigenvalue weighted by molar-refractivity contribution is 6.20. The van der Waals surface area contributed by atoms with Gasteiger partial charge in [0, 0.05) is 23.7 Å². The number of benzene rings is 2. The third-order valence-electron chi connectivity index (χ3n) is 2.93. The topological polar surface area (TPSA) is 61.6 Å². The van der Waals surface area contributed by atoms with E-state index in [9.17, 15) is 18.9 Å². The SMILES string of the molecule is Cc1cc([N+](=O)[O-])cc(C)c1Oc1ccc(OC(F)(F)Cl)cc1. The normalized spacial score (nSPS) is 11.2. The molecule has 5 nitrogen and oxygen atoms in total. The molecular weight excluding hydrogens is 332 g/mol. The van der Waals surface area contributed by atoms with Gasteiger partial charge in [-0.25, -0.2) is 0 Å². The Morgan fingerprint density at radius 2 is 1.57 bits per heavy atom. The predicted molar refractivity (Wildman–Crippen MR) is 80.5 cm³/mol. The summed E-state index contributed by atoms with van der Waals surface area (Å²) in [7, 11) is 0. The fourth-order valence-electron chi connectivity index (χ4n) is 2.02. The van der Waals surface area contributed by atoms with Crippen molar-refractivity contribution in [2.45, 2.75) is 19.4 Å². The Hall–Kier alpha value is -2.41. The standard InChI is InChI=1S/C15H12ClF2NO4/c1-9-7-11(19(20)21)8-10(2)14(9)22-12-3-5-13(6-4-12)23-15(16,17)18/h3-8H,1-2H3. The van der Waals surface area contributed by atoms with E-state index in [0.29, 0.717) is 22.6 Å². The van der Waals surface area contributed by atoms with Crippen LogP contribution < -0.4 is 9.47 Å². The summed E-state index contributed by atoms with van der Waals surface area (Å²) in [4.78, 5) is 10.3. The van der Waals surface area contributed by atoms with Crippen LogP contribution in [0.15, 0.2) is 36.4 Å². The summed E-state index contributed by atoms with van der Waals surface area (Å²) in [6, 6.07) is 8.21. The van der Waals surface area contributed by atoms with Gasteiger partial charge in [0.2, 0.25) is 0 Å². The van der Waals surface area contributed by atoms with Gasteiger partial charge in [-0.2, -0.15) is 0 Å². The van der Waals surface area contributed by atoms with Crippen LogP contribution in [-0.4, -0.2) is 10.5 Å². The number of non-ortho nitro benzene ring substituents is 1.